The zero-order chi connectivity index (χ0) is 12.4. The summed E-state index contributed by atoms with van der Waals surface area (Å²) >= 11 is 0. The fourth-order valence-corrected chi connectivity index (χ4v) is 1.94. The molecule has 2 aromatic rings. The average Bonchev–Trinajstić information content (AvgIpc) is 2.58. The highest BCUT2D eigenvalue weighted by Gasteiger charge is 2.11. The molecule has 17 heavy (non-hydrogen) atoms. The van der Waals surface area contributed by atoms with E-state index in [0.717, 1.165) is 22.5 Å². The zero-order valence-electron chi connectivity index (χ0n) is 10.4. The van der Waals surface area contributed by atoms with Crippen LogP contribution in [0.5, 0.6) is 0 Å². The highest BCUT2D eigenvalue weighted by atomic mass is 16.1. The molecule has 0 amide bonds. The summed E-state index contributed by atoms with van der Waals surface area (Å²) in [7, 11) is 0. The fourth-order valence-electron chi connectivity index (χ4n) is 1.94. The highest BCUT2D eigenvalue weighted by molar-refractivity contribution is 5.97. The van der Waals surface area contributed by atoms with Gasteiger partial charge in [-0.2, -0.15) is 5.10 Å². The van der Waals surface area contributed by atoms with Gasteiger partial charge in [0, 0.05) is 11.3 Å². The molecule has 0 atom stereocenters. The summed E-state index contributed by atoms with van der Waals surface area (Å²) in [6, 6.07) is 9.62. The molecule has 0 aliphatic rings. The third-order valence-corrected chi connectivity index (χ3v) is 2.84. The first kappa shape index (κ1) is 11.6. The van der Waals surface area contributed by atoms with Crippen LogP contribution < -0.4 is 0 Å². The van der Waals surface area contributed by atoms with E-state index < -0.39 is 0 Å². The minimum Gasteiger partial charge on any atom is -0.292 e. The fraction of sp³-hybridized carbons (Fsp3) is 0.286. The minimum atomic E-state index is 0.106. The van der Waals surface area contributed by atoms with E-state index in [0.29, 0.717) is 6.54 Å². The van der Waals surface area contributed by atoms with Crippen LogP contribution in [0.2, 0.25) is 0 Å². The summed E-state index contributed by atoms with van der Waals surface area (Å²) in [5.41, 5.74) is 3.75. The molecule has 0 bridgehead atoms. The molecule has 0 saturated carbocycles. The van der Waals surface area contributed by atoms with Gasteiger partial charge in [-0.05, 0) is 32.4 Å². The number of benzene rings is 1. The van der Waals surface area contributed by atoms with Crippen molar-refractivity contribution in [3.05, 3.63) is 52.8 Å². The molecule has 0 N–H and O–H groups in total. The predicted molar refractivity (Wildman–Crippen MR) is 67.2 cm³/mol. The molecule has 3 nitrogen and oxygen atoms in total. The summed E-state index contributed by atoms with van der Waals surface area (Å²) in [5, 5.41) is 4.30. The van der Waals surface area contributed by atoms with Gasteiger partial charge in [-0.15, -0.1) is 0 Å². The number of hydrogen-bond donors (Lipinski definition) is 0. The topological polar surface area (TPSA) is 34.9 Å². The molecule has 3 heteroatoms. The van der Waals surface area contributed by atoms with Gasteiger partial charge in [0.25, 0.3) is 0 Å². The third kappa shape index (κ3) is 2.44. The van der Waals surface area contributed by atoms with E-state index in [2.05, 4.69) is 5.10 Å². The molecule has 0 aliphatic carbocycles. The molecule has 0 spiro atoms. The predicted octanol–water partition coefficient (Wildman–Crippen LogP) is 2.69. The van der Waals surface area contributed by atoms with Gasteiger partial charge in [0.15, 0.2) is 5.78 Å². The first-order valence-corrected chi connectivity index (χ1v) is 5.68. The lowest BCUT2D eigenvalue weighted by molar-refractivity contribution is 0.0966. The Hall–Kier alpha value is -1.90. The number of carbonyl (C=O) groups is 1. The Balaban J connectivity index is 2.23. The molecule has 88 valence electrons. The molecular weight excluding hydrogens is 212 g/mol. The van der Waals surface area contributed by atoms with Crippen LogP contribution in [-0.2, 0) is 6.54 Å². The largest absolute Gasteiger partial charge is 0.292 e. The SMILES string of the molecule is Cc1cc(C)n(CC(=O)c2ccccc2C)n1. The lowest BCUT2D eigenvalue weighted by Gasteiger charge is -2.06. The van der Waals surface area contributed by atoms with Crippen molar-refractivity contribution in [3.63, 3.8) is 0 Å². The number of Topliss-reactive ketones (excluding diaryl/α,β-unsaturated/α-hetero) is 1. The number of aromatic nitrogens is 2. The van der Waals surface area contributed by atoms with Crippen molar-refractivity contribution in [1.82, 2.24) is 9.78 Å². The molecule has 2 rings (SSSR count). The third-order valence-electron chi connectivity index (χ3n) is 2.84. The van der Waals surface area contributed by atoms with Crippen LogP contribution in [0.15, 0.2) is 30.3 Å². The Kier molecular flexibility index (Phi) is 3.09. The number of nitrogens with zero attached hydrogens (tertiary/aromatic N) is 2. The normalized spacial score (nSPS) is 10.5. The van der Waals surface area contributed by atoms with Crippen LogP contribution in [0, 0.1) is 20.8 Å². The van der Waals surface area contributed by atoms with Crippen LogP contribution in [-0.4, -0.2) is 15.6 Å². The summed E-state index contributed by atoms with van der Waals surface area (Å²) in [5.74, 6) is 0.106. The van der Waals surface area contributed by atoms with E-state index in [1.165, 1.54) is 0 Å². The molecule has 0 saturated heterocycles. The monoisotopic (exact) mass is 228 g/mol. The van der Waals surface area contributed by atoms with Gasteiger partial charge < -0.3 is 0 Å². The van der Waals surface area contributed by atoms with Gasteiger partial charge in [-0.1, -0.05) is 24.3 Å². The Labute approximate surface area is 101 Å². The van der Waals surface area contributed by atoms with Gasteiger partial charge in [-0.25, -0.2) is 0 Å². The Morgan fingerprint density at radius 1 is 1.24 bits per heavy atom. The smallest absolute Gasteiger partial charge is 0.184 e. The zero-order valence-corrected chi connectivity index (χ0v) is 10.4. The Morgan fingerprint density at radius 2 is 1.94 bits per heavy atom. The second-order valence-electron chi connectivity index (χ2n) is 4.32. The van der Waals surface area contributed by atoms with Crippen molar-refractivity contribution in [3.8, 4) is 0 Å². The standard InChI is InChI=1S/C14H16N2O/c1-10-6-4-5-7-13(10)14(17)9-16-12(3)8-11(2)15-16/h4-8H,9H2,1-3H3. The maximum atomic E-state index is 12.1. The Bertz CT molecular complexity index is 555. The van der Waals surface area contributed by atoms with Crippen molar-refractivity contribution in [2.75, 3.05) is 0 Å². The van der Waals surface area contributed by atoms with Crippen molar-refractivity contribution in [2.24, 2.45) is 0 Å². The van der Waals surface area contributed by atoms with Crippen LogP contribution in [0.3, 0.4) is 0 Å². The minimum absolute atomic E-state index is 0.106. The van der Waals surface area contributed by atoms with Gasteiger partial charge in [0.1, 0.15) is 6.54 Å². The quantitative estimate of drug-likeness (QED) is 0.757. The van der Waals surface area contributed by atoms with Gasteiger partial charge in [0.2, 0.25) is 0 Å². The van der Waals surface area contributed by atoms with Crippen LogP contribution in [0.1, 0.15) is 27.3 Å². The van der Waals surface area contributed by atoms with E-state index >= 15 is 0 Å². The maximum Gasteiger partial charge on any atom is 0.184 e. The lowest BCUT2D eigenvalue weighted by Crippen LogP contribution is -2.14. The first-order valence-electron chi connectivity index (χ1n) is 5.68. The van der Waals surface area contributed by atoms with Crippen molar-refractivity contribution in [2.45, 2.75) is 27.3 Å². The average molecular weight is 228 g/mol. The van der Waals surface area contributed by atoms with E-state index in [1.807, 2.05) is 51.1 Å². The number of aryl methyl sites for hydroxylation is 3. The number of carbonyl (C=O) groups excluding carboxylic acids is 1. The van der Waals surface area contributed by atoms with E-state index in [-0.39, 0.29) is 5.78 Å². The summed E-state index contributed by atoms with van der Waals surface area (Å²) in [4.78, 5) is 12.1. The number of hydrogen-bond acceptors (Lipinski definition) is 2. The van der Waals surface area contributed by atoms with Gasteiger partial charge in [0.05, 0.1) is 5.69 Å². The highest BCUT2D eigenvalue weighted by Crippen LogP contribution is 2.10. The number of ketones is 1. The number of rotatable bonds is 3. The van der Waals surface area contributed by atoms with E-state index in [9.17, 15) is 4.79 Å². The van der Waals surface area contributed by atoms with E-state index in [1.54, 1.807) is 4.68 Å². The van der Waals surface area contributed by atoms with Gasteiger partial charge >= 0.3 is 0 Å². The molecule has 0 aliphatic heterocycles. The van der Waals surface area contributed by atoms with Gasteiger partial charge in [-0.3, -0.25) is 9.48 Å². The van der Waals surface area contributed by atoms with E-state index in [4.69, 9.17) is 0 Å². The molecule has 1 aromatic carbocycles. The summed E-state index contributed by atoms with van der Waals surface area (Å²) in [6.07, 6.45) is 0. The Morgan fingerprint density at radius 3 is 2.53 bits per heavy atom. The molecule has 0 unspecified atom stereocenters. The van der Waals surface area contributed by atoms with Crippen LogP contribution in [0.4, 0.5) is 0 Å². The molecule has 0 fully saturated rings. The second kappa shape index (κ2) is 4.53. The maximum absolute atomic E-state index is 12.1. The van der Waals surface area contributed by atoms with Crippen LogP contribution >= 0.6 is 0 Å². The van der Waals surface area contributed by atoms with Crippen LogP contribution in [0.25, 0.3) is 0 Å². The summed E-state index contributed by atoms with van der Waals surface area (Å²) < 4.78 is 1.75. The molecule has 1 heterocycles. The van der Waals surface area contributed by atoms with Crippen molar-refractivity contribution in [1.29, 1.82) is 0 Å². The first-order chi connectivity index (χ1) is 8.08. The molecular formula is C14H16N2O. The lowest BCUT2D eigenvalue weighted by atomic mass is 10.1. The molecule has 0 radical (unpaired) electrons. The summed E-state index contributed by atoms with van der Waals surface area (Å²) in [6.45, 7) is 6.16. The molecule has 1 aromatic heterocycles. The van der Waals surface area contributed by atoms with Crippen molar-refractivity contribution >= 4 is 5.78 Å². The second-order valence-corrected chi connectivity index (χ2v) is 4.32. The van der Waals surface area contributed by atoms with Crippen molar-refractivity contribution < 1.29 is 4.79 Å².